The van der Waals surface area contributed by atoms with E-state index in [0.29, 0.717) is 11.0 Å². The van der Waals surface area contributed by atoms with Gasteiger partial charge in [-0.15, -0.1) is 0 Å². The molecule has 1 rings (SSSR count). The highest BCUT2D eigenvalue weighted by Gasteiger charge is 2.20. The molecule has 1 aromatic rings. The lowest BCUT2D eigenvalue weighted by Gasteiger charge is -2.13. The lowest BCUT2D eigenvalue weighted by Crippen LogP contribution is -2.29. The third-order valence-electron chi connectivity index (χ3n) is 2.50. The summed E-state index contributed by atoms with van der Waals surface area (Å²) in [6.45, 7) is 2.17. The van der Waals surface area contributed by atoms with E-state index in [4.69, 9.17) is 0 Å². The molecule has 2 amide bonds. The molecular formula is C13H15BrN2O5. The van der Waals surface area contributed by atoms with Crippen molar-refractivity contribution >= 4 is 39.6 Å². The van der Waals surface area contributed by atoms with Gasteiger partial charge in [-0.25, -0.2) is 14.4 Å². The number of carbonyl (C=O) groups is 3. The van der Waals surface area contributed by atoms with Crippen LogP contribution in [0.2, 0.25) is 0 Å². The standard InChI is InChI=1S/C13H15BrN2O5/c1-4-15-13(19)16-10-6-7(11(17)20-2)9(14)5-8(10)12(18)21-3/h5-6H,4H2,1-3H3,(H2,15,16,19). The summed E-state index contributed by atoms with van der Waals surface area (Å²) in [5, 5.41) is 5.02. The van der Waals surface area contributed by atoms with Crippen LogP contribution >= 0.6 is 15.9 Å². The predicted octanol–water partition coefficient (Wildman–Crippen LogP) is 2.16. The van der Waals surface area contributed by atoms with E-state index in [1.807, 2.05) is 0 Å². The van der Waals surface area contributed by atoms with Crippen LogP contribution in [0.4, 0.5) is 10.5 Å². The van der Waals surface area contributed by atoms with E-state index in [9.17, 15) is 14.4 Å². The van der Waals surface area contributed by atoms with Crippen molar-refractivity contribution in [3.8, 4) is 0 Å². The van der Waals surface area contributed by atoms with Gasteiger partial charge >= 0.3 is 18.0 Å². The fraction of sp³-hybridized carbons (Fsp3) is 0.308. The fourth-order valence-electron chi connectivity index (χ4n) is 1.55. The number of nitrogens with one attached hydrogen (secondary N) is 2. The highest BCUT2D eigenvalue weighted by molar-refractivity contribution is 9.10. The Bertz CT molecular complexity index is 574. The third kappa shape index (κ3) is 4.19. The molecule has 0 radical (unpaired) electrons. The topological polar surface area (TPSA) is 93.7 Å². The van der Waals surface area contributed by atoms with Crippen LogP contribution in [0.3, 0.4) is 0 Å². The number of urea groups is 1. The van der Waals surface area contributed by atoms with Gasteiger partial charge in [0.15, 0.2) is 0 Å². The molecule has 2 N–H and O–H groups in total. The number of rotatable bonds is 4. The first-order valence-electron chi connectivity index (χ1n) is 5.99. The first kappa shape index (κ1) is 17.0. The number of carbonyl (C=O) groups excluding carboxylic acids is 3. The molecule has 7 nitrogen and oxygen atoms in total. The van der Waals surface area contributed by atoms with Crippen LogP contribution in [0, 0.1) is 0 Å². The molecular weight excluding hydrogens is 344 g/mol. The number of amides is 2. The Kier molecular flexibility index (Phi) is 6.16. The molecule has 0 heterocycles. The zero-order chi connectivity index (χ0) is 16.0. The summed E-state index contributed by atoms with van der Waals surface area (Å²) in [6.07, 6.45) is 0. The first-order valence-corrected chi connectivity index (χ1v) is 6.78. The predicted molar refractivity (Wildman–Crippen MR) is 79.5 cm³/mol. The summed E-state index contributed by atoms with van der Waals surface area (Å²) < 4.78 is 9.65. The average molecular weight is 359 g/mol. The van der Waals surface area contributed by atoms with Gasteiger partial charge < -0.3 is 20.1 Å². The largest absolute Gasteiger partial charge is 0.465 e. The smallest absolute Gasteiger partial charge is 0.340 e. The monoisotopic (exact) mass is 358 g/mol. The number of hydrogen-bond donors (Lipinski definition) is 2. The highest BCUT2D eigenvalue weighted by atomic mass is 79.9. The number of anilines is 1. The van der Waals surface area contributed by atoms with Gasteiger partial charge in [-0.05, 0) is 35.0 Å². The minimum absolute atomic E-state index is 0.114. The highest BCUT2D eigenvalue weighted by Crippen LogP contribution is 2.27. The van der Waals surface area contributed by atoms with Gasteiger partial charge in [-0.1, -0.05) is 0 Å². The van der Waals surface area contributed by atoms with Crippen molar-refractivity contribution in [1.29, 1.82) is 0 Å². The van der Waals surface area contributed by atoms with Gasteiger partial charge in [0.2, 0.25) is 0 Å². The molecule has 21 heavy (non-hydrogen) atoms. The molecule has 114 valence electrons. The molecule has 0 saturated carbocycles. The fourth-order valence-corrected chi connectivity index (χ4v) is 2.05. The molecule has 0 aliphatic heterocycles. The number of ether oxygens (including phenoxy) is 2. The molecule has 0 aliphatic rings. The van der Waals surface area contributed by atoms with Gasteiger partial charge in [0.25, 0.3) is 0 Å². The van der Waals surface area contributed by atoms with Crippen molar-refractivity contribution in [1.82, 2.24) is 5.32 Å². The van der Waals surface area contributed by atoms with Gasteiger partial charge in [0.05, 0.1) is 31.0 Å². The summed E-state index contributed by atoms with van der Waals surface area (Å²) in [4.78, 5) is 35.0. The maximum Gasteiger partial charge on any atom is 0.340 e. The number of esters is 2. The van der Waals surface area contributed by atoms with Gasteiger partial charge in [0, 0.05) is 11.0 Å². The third-order valence-corrected chi connectivity index (χ3v) is 3.16. The van der Waals surface area contributed by atoms with E-state index in [-0.39, 0.29) is 16.8 Å². The maximum absolute atomic E-state index is 11.7. The van der Waals surface area contributed by atoms with Crippen molar-refractivity contribution < 1.29 is 23.9 Å². The van der Waals surface area contributed by atoms with Crippen LogP contribution in [0.15, 0.2) is 16.6 Å². The Hall–Kier alpha value is -2.09. The Balaban J connectivity index is 3.30. The lowest BCUT2D eigenvalue weighted by atomic mass is 10.1. The molecule has 0 fully saturated rings. The first-order chi connectivity index (χ1) is 9.94. The summed E-state index contributed by atoms with van der Waals surface area (Å²) in [6, 6.07) is 2.23. The Morgan fingerprint density at radius 2 is 1.67 bits per heavy atom. The molecule has 8 heteroatoms. The quantitative estimate of drug-likeness (QED) is 0.804. The number of benzene rings is 1. The van der Waals surface area contributed by atoms with Gasteiger partial charge in [-0.3, -0.25) is 0 Å². The minimum Gasteiger partial charge on any atom is -0.465 e. The molecule has 1 aromatic carbocycles. The summed E-state index contributed by atoms with van der Waals surface area (Å²) in [7, 11) is 2.46. The second kappa shape index (κ2) is 7.63. The molecule has 0 spiro atoms. The average Bonchev–Trinajstić information content (AvgIpc) is 2.47. The second-order valence-electron chi connectivity index (χ2n) is 3.85. The van der Waals surface area contributed by atoms with Crippen LogP contribution in [0.25, 0.3) is 0 Å². The molecule has 0 aromatic heterocycles. The molecule has 0 unspecified atom stereocenters. The molecule has 0 aliphatic carbocycles. The summed E-state index contributed by atoms with van der Waals surface area (Å²) in [5.74, 6) is -1.24. The lowest BCUT2D eigenvalue weighted by molar-refractivity contribution is 0.0586. The minimum atomic E-state index is -0.640. The zero-order valence-corrected chi connectivity index (χ0v) is 13.4. The summed E-state index contributed by atoms with van der Waals surface area (Å²) >= 11 is 3.18. The normalized spacial score (nSPS) is 9.71. The summed E-state index contributed by atoms with van der Waals surface area (Å²) in [5.41, 5.74) is 0.441. The van der Waals surface area contributed by atoms with Gasteiger partial charge in [0.1, 0.15) is 0 Å². The van der Waals surface area contributed by atoms with E-state index >= 15 is 0 Å². The van der Waals surface area contributed by atoms with Crippen LogP contribution in [-0.2, 0) is 9.47 Å². The van der Waals surface area contributed by atoms with Crippen LogP contribution in [0.1, 0.15) is 27.6 Å². The number of methoxy groups -OCH3 is 2. The SMILES string of the molecule is CCNC(=O)Nc1cc(C(=O)OC)c(Br)cc1C(=O)OC. The van der Waals surface area contributed by atoms with E-state index in [0.717, 1.165) is 0 Å². The van der Waals surface area contributed by atoms with Crippen molar-refractivity contribution in [2.24, 2.45) is 0 Å². The van der Waals surface area contributed by atoms with Crippen LogP contribution < -0.4 is 10.6 Å². The van der Waals surface area contributed by atoms with E-state index in [1.54, 1.807) is 6.92 Å². The van der Waals surface area contributed by atoms with E-state index in [2.05, 4.69) is 36.0 Å². The molecule has 0 atom stereocenters. The van der Waals surface area contributed by atoms with Crippen molar-refractivity contribution in [3.63, 3.8) is 0 Å². The van der Waals surface area contributed by atoms with E-state index < -0.39 is 18.0 Å². The number of hydrogen-bond acceptors (Lipinski definition) is 5. The second-order valence-corrected chi connectivity index (χ2v) is 4.70. The Labute approximate surface area is 130 Å². The Morgan fingerprint density at radius 3 is 2.19 bits per heavy atom. The van der Waals surface area contributed by atoms with Crippen molar-refractivity contribution in [2.75, 3.05) is 26.1 Å². The van der Waals surface area contributed by atoms with E-state index in [1.165, 1.54) is 26.4 Å². The number of halogens is 1. The Morgan fingerprint density at radius 1 is 1.10 bits per heavy atom. The zero-order valence-electron chi connectivity index (χ0n) is 11.8. The maximum atomic E-state index is 11.7. The van der Waals surface area contributed by atoms with Crippen molar-refractivity contribution in [3.05, 3.63) is 27.7 Å². The molecule has 0 saturated heterocycles. The van der Waals surface area contributed by atoms with Crippen LogP contribution in [-0.4, -0.2) is 38.7 Å². The molecule has 0 bridgehead atoms. The van der Waals surface area contributed by atoms with Crippen molar-refractivity contribution in [2.45, 2.75) is 6.92 Å². The van der Waals surface area contributed by atoms with Crippen LogP contribution in [0.5, 0.6) is 0 Å². The van der Waals surface area contributed by atoms with Gasteiger partial charge in [-0.2, -0.15) is 0 Å².